The molecule has 3 aromatic rings. The Morgan fingerprint density at radius 2 is 1.73 bits per heavy atom. The van der Waals surface area contributed by atoms with Crippen LogP contribution in [-0.4, -0.2) is 30.0 Å². The zero-order valence-electron chi connectivity index (χ0n) is 15.0. The summed E-state index contributed by atoms with van der Waals surface area (Å²) < 4.78 is 0. The molecule has 0 fully saturated rings. The van der Waals surface area contributed by atoms with Crippen molar-refractivity contribution in [3.63, 3.8) is 0 Å². The monoisotopic (exact) mass is 347 g/mol. The number of hydrogen-bond donors (Lipinski definition) is 2. The summed E-state index contributed by atoms with van der Waals surface area (Å²) in [6.45, 7) is 2.02. The average molecular weight is 347 g/mol. The first-order valence-corrected chi connectivity index (χ1v) is 8.26. The summed E-state index contributed by atoms with van der Waals surface area (Å²) in [6.07, 6.45) is 3.01. The smallest absolute Gasteiger partial charge is 0.275 e. The lowest BCUT2D eigenvalue weighted by atomic mass is 10.2. The fraction of sp³-hybridized carbons (Fsp3) is 0.150. The average Bonchev–Trinajstić information content (AvgIpc) is 2.63. The maximum Gasteiger partial charge on any atom is 0.275 e. The second-order valence-electron chi connectivity index (χ2n) is 6.18. The maximum atomic E-state index is 12.3. The van der Waals surface area contributed by atoms with Crippen LogP contribution >= 0.6 is 0 Å². The number of amides is 1. The predicted octanol–water partition coefficient (Wildman–Crippen LogP) is 3.85. The van der Waals surface area contributed by atoms with E-state index in [4.69, 9.17) is 0 Å². The van der Waals surface area contributed by atoms with E-state index in [1.54, 1.807) is 6.20 Å². The summed E-state index contributed by atoms with van der Waals surface area (Å²) in [4.78, 5) is 22.8. The Hall–Kier alpha value is -3.41. The number of carbonyl (C=O) groups excluding carboxylic acids is 1. The van der Waals surface area contributed by atoms with Crippen molar-refractivity contribution >= 4 is 28.8 Å². The third kappa shape index (κ3) is 4.36. The molecule has 26 heavy (non-hydrogen) atoms. The van der Waals surface area contributed by atoms with E-state index >= 15 is 0 Å². The van der Waals surface area contributed by atoms with E-state index in [-0.39, 0.29) is 11.6 Å². The molecule has 0 aliphatic heterocycles. The number of anilines is 4. The molecule has 132 valence electrons. The lowest BCUT2D eigenvalue weighted by molar-refractivity contribution is 0.102. The van der Waals surface area contributed by atoms with Crippen molar-refractivity contribution in [1.82, 2.24) is 9.97 Å². The number of hydrogen-bond acceptors (Lipinski definition) is 5. The lowest BCUT2D eigenvalue weighted by Crippen LogP contribution is -2.14. The van der Waals surface area contributed by atoms with Crippen LogP contribution in [0.3, 0.4) is 0 Å². The predicted molar refractivity (Wildman–Crippen MR) is 105 cm³/mol. The van der Waals surface area contributed by atoms with Gasteiger partial charge in [-0.2, -0.15) is 0 Å². The van der Waals surface area contributed by atoms with Crippen LogP contribution in [0.2, 0.25) is 0 Å². The maximum absolute atomic E-state index is 12.3. The summed E-state index contributed by atoms with van der Waals surface area (Å²) >= 11 is 0. The Bertz CT molecular complexity index is 889. The summed E-state index contributed by atoms with van der Waals surface area (Å²) in [5.74, 6) is 0.291. The number of carbonyl (C=O) groups is 1. The molecule has 0 aliphatic carbocycles. The highest BCUT2D eigenvalue weighted by Crippen LogP contribution is 2.17. The van der Waals surface area contributed by atoms with Gasteiger partial charge in [-0.05, 0) is 48.9 Å². The summed E-state index contributed by atoms with van der Waals surface area (Å²) in [5, 5.41) is 5.99. The van der Waals surface area contributed by atoms with Crippen molar-refractivity contribution in [1.29, 1.82) is 0 Å². The van der Waals surface area contributed by atoms with Crippen LogP contribution in [0.15, 0.2) is 60.9 Å². The highest BCUT2D eigenvalue weighted by molar-refractivity contribution is 6.02. The molecule has 0 bridgehead atoms. The zero-order valence-corrected chi connectivity index (χ0v) is 15.0. The number of rotatable bonds is 5. The summed E-state index contributed by atoms with van der Waals surface area (Å²) in [7, 11) is 3.94. The molecule has 0 saturated carbocycles. The number of nitrogens with zero attached hydrogens (tertiary/aromatic N) is 3. The van der Waals surface area contributed by atoms with Crippen molar-refractivity contribution < 1.29 is 4.79 Å². The molecule has 6 nitrogen and oxygen atoms in total. The van der Waals surface area contributed by atoms with E-state index in [0.717, 1.165) is 16.9 Å². The van der Waals surface area contributed by atoms with Crippen molar-refractivity contribution in [2.75, 3.05) is 29.6 Å². The van der Waals surface area contributed by atoms with Gasteiger partial charge in [-0.25, -0.2) is 9.97 Å². The minimum atomic E-state index is -0.294. The molecule has 1 aromatic heterocycles. The quantitative estimate of drug-likeness (QED) is 0.734. The molecule has 0 unspecified atom stereocenters. The number of aromatic nitrogens is 2. The van der Waals surface area contributed by atoms with Crippen molar-refractivity contribution in [3.05, 3.63) is 72.2 Å². The van der Waals surface area contributed by atoms with Gasteiger partial charge in [0.1, 0.15) is 11.5 Å². The Morgan fingerprint density at radius 1 is 0.962 bits per heavy atom. The van der Waals surface area contributed by atoms with Crippen LogP contribution in [-0.2, 0) is 0 Å². The standard InChI is InChI=1S/C20H21N5O/c1-14-5-4-6-16(11-14)23-19-13-21-18(12-22-19)20(26)24-15-7-9-17(10-8-15)25(2)3/h4-13H,1-3H3,(H,22,23)(H,24,26). The Balaban J connectivity index is 1.65. The Kier molecular flexibility index (Phi) is 5.12. The van der Waals surface area contributed by atoms with Crippen LogP contribution in [0.1, 0.15) is 16.1 Å². The first-order chi connectivity index (χ1) is 12.5. The van der Waals surface area contributed by atoms with E-state index < -0.39 is 0 Å². The molecule has 0 atom stereocenters. The second-order valence-corrected chi connectivity index (χ2v) is 6.18. The van der Waals surface area contributed by atoms with Gasteiger partial charge in [0.2, 0.25) is 0 Å². The summed E-state index contributed by atoms with van der Waals surface area (Å²) in [6, 6.07) is 15.5. The number of benzene rings is 2. The largest absolute Gasteiger partial charge is 0.378 e. The molecule has 2 N–H and O–H groups in total. The van der Waals surface area contributed by atoms with Crippen molar-refractivity contribution in [2.24, 2.45) is 0 Å². The first-order valence-electron chi connectivity index (χ1n) is 8.26. The Labute approximate surface area is 152 Å². The minimum absolute atomic E-state index is 0.261. The zero-order chi connectivity index (χ0) is 18.5. The van der Waals surface area contributed by atoms with E-state index in [0.29, 0.717) is 11.5 Å². The van der Waals surface area contributed by atoms with Gasteiger partial charge in [0, 0.05) is 31.2 Å². The molecule has 0 saturated heterocycles. The SMILES string of the molecule is Cc1cccc(Nc2cnc(C(=O)Nc3ccc(N(C)C)cc3)cn2)c1. The molecule has 6 heteroatoms. The van der Waals surface area contributed by atoms with E-state index in [1.165, 1.54) is 6.20 Å². The molecule has 2 aromatic carbocycles. The molecule has 0 aliphatic rings. The number of aryl methyl sites for hydroxylation is 1. The van der Waals surface area contributed by atoms with Gasteiger partial charge in [-0.1, -0.05) is 12.1 Å². The molecule has 1 heterocycles. The van der Waals surface area contributed by atoms with E-state index in [1.807, 2.05) is 74.4 Å². The van der Waals surface area contributed by atoms with Crippen LogP contribution in [0, 0.1) is 6.92 Å². The highest BCUT2D eigenvalue weighted by Gasteiger charge is 2.09. The Morgan fingerprint density at radius 3 is 2.35 bits per heavy atom. The third-order valence-corrected chi connectivity index (χ3v) is 3.82. The van der Waals surface area contributed by atoms with Crippen LogP contribution in [0.5, 0.6) is 0 Å². The van der Waals surface area contributed by atoms with Crippen LogP contribution < -0.4 is 15.5 Å². The van der Waals surface area contributed by atoms with Gasteiger partial charge in [0.25, 0.3) is 5.91 Å². The molecule has 0 spiro atoms. The van der Waals surface area contributed by atoms with Crippen LogP contribution in [0.25, 0.3) is 0 Å². The number of nitrogens with one attached hydrogen (secondary N) is 2. The fourth-order valence-electron chi connectivity index (χ4n) is 2.42. The van der Waals surface area contributed by atoms with Crippen molar-refractivity contribution in [3.8, 4) is 0 Å². The summed E-state index contributed by atoms with van der Waals surface area (Å²) in [5.41, 5.74) is 4.12. The van der Waals surface area contributed by atoms with Gasteiger partial charge in [0.15, 0.2) is 0 Å². The fourth-order valence-corrected chi connectivity index (χ4v) is 2.42. The molecule has 1 amide bonds. The third-order valence-electron chi connectivity index (χ3n) is 3.82. The van der Waals surface area contributed by atoms with Gasteiger partial charge < -0.3 is 15.5 Å². The topological polar surface area (TPSA) is 70.2 Å². The molecule has 3 rings (SSSR count). The first kappa shape index (κ1) is 17.4. The second kappa shape index (κ2) is 7.65. The highest BCUT2D eigenvalue weighted by atomic mass is 16.1. The van der Waals surface area contributed by atoms with Gasteiger partial charge in [-0.15, -0.1) is 0 Å². The lowest BCUT2D eigenvalue weighted by Gasteiger charge is -2.13. The molecule has 0 radical (unpaired) electrons. The van der Waals surface area contributed by atoms with Crippen LogP contribution in [0.4, 0.5) is 22.9 Å². The molecular formula is C20H21N5O. The van der Waals surface area contributed by atoms with Gasteiger partial charge >= 0.3 is 0 Å². The normalized spacial score (nSPS) is 10.3. The molecular weight excluding hydrogens is 326 g/mol. The van der Waals surface area contributed by atoms with E-state index in [2.05, 4.69) is 20.6 Å². The van der Waals surface area contributed by atoms with Gasteiger partial charge in [-0.3, -0.25) is 4.79 Å². The van der Waals surface area contributed by atoms with Gasteiger partial charge in [0.05, 0.1) is 12.4 Å². The van der Waals surface area contributed by atoms with E-state index in [9.17, 15) is 4.79 Å². The minimum Gasteiger partial charge on any atom is -0.378 e. The van der Waals surface area contributed by atoms with Crippen molar-refractivity contribution in [2.45, 2.75) is 6.92 Å².